The van der Waals surface area contributed by atoms with Crippen LogP contribution in [0.25, 0.3) is 0 Å². The molecule has 0 aliphatic carbocycles. The number of nitrogens with one attached hydrogen (secondary N) is 3. The van der Waals surface area contributed by atoms with E-state index in [1.807, 2.05) is 6.92 Å². The van der Waals surface area contributed by atoms with Crippen LogP contribution >= 0.6 is 0 Å². The van der Waals surface area contributed by atoms with Crippen molar-refractivity contribution in [1.29, 1.82) is 0 Å². The zero-order valence-electron chi connectivity index (χ0n) is 12.9. The fraction of sp³-hybridized carbons (Fsp3) is 0.857. The first kappa shape index (κ1) is 17.7. The number of aliphatic carboxylic acids is 1. The summed E-state index contributed by atoms with van der Waals surface area (Å²) in [4.78, 5) is 24.6. The van der Waals surface area contributed by atoms with Crippen LogP contribution in [-0.4, -0.2) is 67.8 Å². The van der Waals surface area contributed by atoms with Crippen LogP contribution in [0.4, 0.5) is 4.79 Å². The molecule has 2 amide bonds. The maximum atomic E-state index is 11.6. The number of urea groups is 1. The van der Waals surface area contributed by atoms with Gasteiger partial charge in [-0.2, -0.15) is 0 Å². The third kappa shape index (κ3) is 8.52. The first-order valence-corrected chi connectivity index (χ1v) is 7.78. The molecule has 7 heteroatoms. The molecule has 1 saturated heterocycles. The van der Waals surface area contributed by atoms with Gasteiger partial charge in [0.25, 0.3) is 0 Å². The van der Waals surface area contributed by atoms with E-state index in [0.717, 1.165) is 45.6 Å². The monoisotopic (exact) mass is 300 g/mol. The third-order valence-electron chi connectivity index (χ3n) is 3.74. The van der Waals surface area contributed by atoms with E-state index in [0.29, 0.717) is 13.1 Å². The summed E-state index contributed by atoms with van der Waals surface area (Å²) in [6, 6.07) is -0.209. The predicted octanol–water partition coefficient (Wildman–Crippen LogP) is 0.0818. The fourth-order valence-electron chi connectivity index (χ4n) is 2.35. The Balaban J connectivity index is 2.03. The molecule has 1 unspecified atom stereocenters. The summed E-state index contributed by atoms with van der Waals surface area (Å²) < 4.78 is 0. The van der Waals surface area contributed by atoms with E-state index < -0.39 is 5.97 Å². The van der Waals surface area contributed by atoms with Gasteiger partial charge in [0, 0.05) is 45.7 Å². The summed E-state index contributed by atoms with van der Waals surface area (Å²) in [5.74, 6) is -0.825. The van der Waals surface area contributed by atoms with Gasteiger partial charge < -0.3 is 26.0 Å². The molecule has 1 heterocycles. The summed E-state index contributed by atoms with van der Waals surface area (Å²) in [5.41, 5.74) is 0. The van der Waals surface area contributed by atoms with Crippen molar-refractivity contribution >= 4 is 12.0 Å². The van der Waals surface area contributed by atoms with E-state index >= 15 is 0 Å². The number of carbonyl (C=O) groups is 2. The van der Waals surface area contributed by atoms with Gasteiger partial charge in [0.05, 0.1) is 0 Å². The molecule has 1 rings (SSSR count). The third-order valence-corrected chi connectivity index (χ3v) is 3.74. The van der Waals surface area contributed by atoms with Crippen LogP contribution in [0.2, 0.25) is 0 Å². The van der Waals surface area contributed by atoms with Gasteiger partial charge in [-0.25, -0.2) is 4.79 Å². The summed E-state index contributed by atoms with van der Waals surface area (Å²) >= 11 is 0. The Morgan fingerprint density at radius 3 is 2.62 bits per heavy atom. The van der Waals surface area contributed by atoms with Crippen LogP contribution < -0.4 is 16.0 Å². The predicted molar refractivity (Wildman–Crippen MR) is 81.4 cm³/mol. The molecule has 0 bridgehead atoms. The van der Waals surface area contributed by atoms with Crippen LogP contribution in [0.3, 0.4) is 0 Å². The zero-order chi connectivity index (χ0) is 15.5. The molecule has 0 saturated carbocycles. The first-order valence-electron chi connectivity index (χ1n) is 7.78. The van der Waals surface area contributed by atoms with Gasteiger partial charge in [-0.05, 0) is 18.9 Å². The Bertz CT molecular complexity index is 319. The number of nitrogens with zero attached hydrogens (tertiary/aromatic N) is 1. The second-order valence-corrected chi connectivity index (χ2v) is 5.45. The molecular weight excluding hydrogens is 272 g/mol. The molecule has 7 nitrogen and oxygen atoms in total. The van der Waals surface area contributed by atoms with Crippen molar-refractivity contribution in [2.75, 3.05) is 45.8 Å². The number of carboxylic acid groups (broad SMARTS) is 1. The number of carbonyl (C=O) groups excluding carboxylic acids is 1. The Kier molecular flexibility index (Phi) is 8.77. The molecule has 1 aliphatic rings. The first-order chi connectivity index (χ1) is 10.1. The molecule has 0 radical (unpaired) electrons. The SMILES string of the molecule is CCC(CNC(=O)NCCCN1CCNCC1)CC(=O)O. The number of carboxylic acids is 1. The second-order valence-electron chi connectivity index (χ2n) is 5.45. The maximum Gasteiger partial charge on any atom is 0.314 e. The summed E-state index contributed by atoms with van der Waals surface area (Å²) in [7, 11) is 0. The van der Waals surface area contributed by atoms with Crippen molar-refractivity contribution in [3.05, 3.63) is 0 Å². The normalized spacial score (nSPS) is 17.2. The van der Waals surface area contributed by atoms with Crippen LogP contribution in [0.15, 0.2) is 0 Å². The lowest BCUT2D eigenvalue weighted by molar-refractivity contribution is -0.138. The second kappa shape index (κ2) is 10.4. The van der Waals surface area contributed by atoms with Crippen molar-refractivity contribution in [1.82, 2.24) is 20.9 Å². The minimum absolute atomic E-state index is 0.00546. The minimum atomic E-state index is -0.819. The van der Waals surface area contributed by atoms with Crippen molar-refractivity contribution in [2.24, 2.45) is 5.92 Å². The van der Waals surface area contributed by atoms with Crippen LogP contribution in [0.5, 0.6) is 0 Å². The molecule has 1 aliphatic heterocycles. The van der Waals surface area contributed by atoms with Crippen molar-refractivity contribution in [2.45, 2.75) is 26.2 Å². The molecule has 1 fully saturated rings. The molecule has 4 N–H and O–H groups in total. The lowest BCUT2D eigenvalue weighted by Crippen LogP contribution is -2.44. The van der Waals surface area contributed by atoms with E-state index in [2.05, 4.69) is 20.9 Å². The topological polar surface area (TPSA) is 93.7 Å². The van der Waals surface area contributed by atoms with E-state index in [1.165, 1.54) is 0 Å². The van der Waals surface area contributed by atoms with E-state index in [4.69, 9.17) is 5.11 Å². The molecule has 0 aromatic heterocycles. The van der Waals surface area contributed by atoms with Crippen molar-refractivity contribution in [3.63, 3.8) is 0 Å². The number of hydrogen-bond acceptors (Lipinski definition) is 4. The quantitative estimate of drug-likeness (QED) is 0.453. The average molecular weight is 300 g/mol. The Hall–Kier alpha value is -1.34. The van der Waals surface area contributed by atoms with E-state index in [9.17, 15) is 9.59 Å². The molecule has 0 aromatic carbocycles. The standard InChI is InChI=1S/C14H28N4O3/c1-2-12(10-13(19)20)11-17-14(21)16-4-3-7-18-8-5-15-6-9-18/h12,15H,2-11H2,1H3,(H,19,20)(H2,16,17,21). The van der Waals surface area contributed by atoms with Crippen LogP contribution in [-0.2, 0) is 4.79 Å². The molecule has 0 spiro atoms. The van der Waals surface area contributed by atoms with Crippen LogP contribution in [0, 0.1) is 5.92 Å². The largest absolute Gasteiger partial charge is 0.481 e. The Labute approximate surface area is 126 Å². The van der Waals surface area contributed by atoms with E-state index in [-0.39, 0.29) is 18.4 Å². The average Bonchev–Trinajstić information content (AvgIpc) is 2.48. The van der Waals surface area contributed by atoms with Gasteiger partial charge in [0.2, 0.25) is 0 Å². The molecule has 1 atom stereocenters. The number of rotatable bonds is 9. The summed E-state index contributed by atoms with van der Waals surface area (Å²) in [6.45, 7) is 8.20. The minimum Gasteiger partial charge on any atom is -0.481 e. The summed E-state index contributed by atoms with van der Waals surface area (Å²) in [5, 5.41) is 17.6. The number of amides is 2. The fourth-order valence-corrected chi connectivity index (χ4v) is 2.35. The highest BCUT2D eigenvalue weighted by Crippen LogP contribution is 2.06. The van der Waals surface area contributed by atoms with Crippen molar-refractivity contribution in [3.8, 4) is 0 Å². The number of piperazine rings is 1. The maximum absolute atomic E-state index is 11.6. The van der Waals surface area contributed by atoms with Gasteiger partial charge in [0.15, 0.2) is 0 Å². The Morgan fingerprint density at radius 2 is 2.00 bits per heavy atom. The summed E-state index contributed by atoms with van der Waals surface area (Å²) in [6.07, 6.45) is 1.77. The van der Waals surface area contributed by atoms with Gasteiger partial charge in [-0.15, -0.1) is 0 Å². The molecule has 122 valence electrons. The molecule has 21 heavy (non-hydrogen) atoms. The Morgan fingerprint density at radius 1 is 1.29 bits per heavy atom. The molecule has 0 aromatic rings. The van der Waals surface area contributed by atoms with Gasteiger partial charge in [-0.3, -0.25) is 4.79 Å². The highest BCUT2D eigenvalue weighted by Gasteiger charge is 2.12. The smallest absolute Gasteiger partial charge is 0.314 e. The highest BCUT2D eigenvalue weighted by molar-refractivity contribution is 5.74. The number of hydrogen-bond donors (Lipinski definition) is 4. The van der Waals surface area contributed by atoms with Gasteiger partial charge in [-0.1, -0.05) is 13.3 Å². The lowest BCUT2D eigenvalue weighted by Gasteiger charge is -2.27. The van der Waals surface area contributed by atoms with E-state index in [1.54, 1.807) is 0 Å². The lowest BCUT2D eigenvalue weighted by atomic mass is 10.0. The van der Waals surface area contributed by atoms with Gasteiger partial charge >= 0.3 is 12.0 Å². The van der Waals surface area contributed by atoms with Gasteiger partial charge in [0.1, 0.15) is 0 Å². The van der Waals surface area contributed by atoms with Crippen molar-refractivity contribution < 1.29 is 14.7 Å². The zero-order valence-corrected chi connectivity index (χ0v) is 12.9. The molecular formula is C14H28N4O3. The highest BCUT2D eigenvalue weighted by atomic mass is 16.4. The van der Waals surface area contributed by atoms with Crippen LogP contribution in [0.1, 0.15) is 26.2 Å².